The number of carbonyl (C=O) groups is 2. The molecule has 0 fully saturated rings. The van der Waals surface area contributed by atoms with Crippen LogP contribution in [0.2, 0.25) is 0 Å². The number of hydrogen-bond acceptors (Lipinski definition) is 5. The lowest BCUT2D eigenvalue weighted by molar-refractivity contribution is -0.143. The van der Waals surface area contributed by atoms with Crippen molar-refractivity contribution in [3.63, 3.8) is 0 Å². The van der Waals surface area contributed by atoms with E-state index in [2.05, 4.69) is 43.5 Å². The first-order chi connectivity index (χ1) is 33.0. The number of ether oxygens (including phenoxy) is 1. The third kappa shape index (κ3) is 53.3. The Morgan fingerprint density at radius 1 is 0.418 bits per heavy atom. The molecule has 0 aromatic rings. The van der Waals surface area contributed by atoms with E-state index in [1.807, 2.05) is 6.08 Å². The number of esters is 1. The number of unbranched alkanes of at least 4 members (excludes halogenated alkanes) is 40. The van der Waals surface area contributed by atoms with E-state index in [1.54, 1.807) is 6.08 Å². The fraction of sp³-hybridized carbons (Fsp3) is 0.869. The van der Waals surface area contributed by atoms with Gasteiger partial charge in [-0.05, 0) is 64.2 Å². The maximum atomic E-state index is 12.4. The molecule has 0 saturated heterocycles. The van der Waals surface area contributed by atoms with Crippen LogP contribution in [0, 0.1) is 0 Å². The van der Waals surface area contributed by atoms with Crippen LogP contribution in [0.1, 0.15) is 316 Å². The van der Waals surface area contributed by atoms with Crippen molar-refractivity contribution in [2.24, 2.45) is 0 Å². The molecule has 0 aromatic heterocycles. The van der Waals surface area contributed by atoms with Crippen molar-refractivity contribution in [3.05, 3.63) is 36.5 Å². The average Bonchev–Trinajstić information content (AvgIpc) is 3.33. The third-order valence-electron chi connectivity index (χ3n) is 13.7. The largest absolute Gasteiger partial charge is 0.466 e. The standard InChI is InChI=1S/C61H115NO5/c1-3-5-7-9-11-13-15-16-27-31-35-39-43-47-51-55-61(66)67-56-52-48-44-40-36-32-29-26-24-22-20-18-17-19-21-23-25-28-30-34-38-42-46-50-54-60(65)62-58(57-63)59(64)53-49-45-41-37-33-14-12-10-8-6-4-2/h11,13,16,27,49,53,58-59,63-64H,3-10,12,14-15,17-26,28-48,50-52,54-57H2,1-2H3,(H,62,65)/b13-11-,27-16-,53-49+. The Labute approximate surface area is 417 Å². The quantitative estimate of drug-likeness (QED) is 0.0321. The van der Waals surface area contributed by atoms with Crippen molar-refractivity contribution in [2.45, 2.75) is 328 Å². The molecule has 0 saturated carbocycles. The first-order valence-corrected chi connectivity index (χ1v) is 29.8. The van der Waals surface area contributed by atoms with Gasteiger partial charge in [0.1, 0.15) is 0 Å². The van der Waals surface area contributed by atoms with Gasteiger partial charge in [0.15, 0.2) is 0 Å². The van der Waals surface area contributed by atoms with E-state index in [1.165, 1.54) is 238 Å². The third-order valence-corrected chi connectivity index (χ3v) is 13.7. The highest BCUT2D eigenvalue weighted by Crippen LogP contribution is 2.17. The van der Waals surface area contributed by atoms with Gasteiger partial charge in [-0.2, -0.15) is 0 Å². The minimum Gasteiger partial charge on any atom is -0.466 e. The van der Waals surface area contributed by atoms with Crippen LogP contribution in [-0.4, -0.2) is 47.4 Å². The van der Waals surface area contributed by atoms with Crippen LogP contribution in [-0.2, 0) is 14.3 Å². The van der Waals surface area contributed by atoms with E-state index in [0.717, 1.165) is 51.4 Å². The van der Waals surface area contributed by atoms with Crippen molar-refractivity contribution >= 4 is 11.9 Å². The monoisotopic (exact) mass is 942 g/mol. The lowest BCUT2D eigenvalue weighted by atomic mass is 10.0. The molecule has 6 heteroatoms. The average molecular weight is 943 g/mol. The number of rotatable bonds is 55. The van der Waals surface area contributed by atoms with Gasteiger partial charge in [-0.25, -0.2) is 0 Å². The molecule has 394 valence electrons. The number of nitrogens with one attached hydrogen (secondary N) is 1. The normalized spacial score (nSPS) is 12.8. The molecule has 0 spiro atoms. The smallest absolute Gasteiger partial charge is 0.305 e. The number of hydrogen-bond donors (Lipinski definition) is 3. The lowest BCUT2D eigenvalue weighted by Gasteiger charge is -2.20. The van der Waals surface area contributed by atoms with Gasteiger partial charge in [0, 0.05) is 12.8 Å². The predicted octanol–water partition coefficient (Wildman–Crippen LogP) is 18.4. The van der Waals surface area contributed by atoms with E-state index >= 15 is 0 Å². The number of carbonyl (C=O) groups excluding carboxylic acids is 2. The van der Waals surface area contributed by atoms with Gasteiger partial charge in [0.05, 0.1) is 25.4 Å². The van der Waals surface area contributed by atoms with Crippen LogP contribution in [0.4, 0.5) is 0 Å². The van der Waals surface area contributed by atoms with E-state index in [9.17, 15) is 19.8 Å². The molecule has 0 aliphatic carbocycles. The van der Waals surface area contributed by atoms with Crippen molar-refractivity contribution in [1.29, 1.82) is 0 Å². The Balaban J connectivity index is 3.37. The Kier molecular flexibility index (Phi) is 55.0. The van der Waals surface area contributed by atoms with E-state index in [4.69, 9.17) is 4.74 Å². The molecular weight excluding hydrogens is 827 g/mol. The van der Waals surface area contributed by atoms with Crippen molar-refractivity contribution in [3.8, 4) is 0 Å². The first-order valence-electron chi connectivity index (χ1n) is 29.8. The topological polar surface area (TPSA) is 95.9 Å². The molecule has 0 aromatic carbocycles. The maximum absolute atomic E-state index is 12.4. The van der Waals surface area contributed by atoms with E-state index < -0.39 is 12.1 Å². The van der Waals surface area contributed by atoms with Gasteiger partial charge < -0.3 is 20.3 Å². The van der Waals surface area contributed by atoms with Gasteiger partial charge in [0.2, 0.25) is 5.91 Å². The molecular formula is C61H115NO5. The van der Waals surface area contributed by atoms with Crippen molar-refractivity contribution in [1.82, 2.24) is 5.32 Å². The molecule has 1 amide bonds. The minimum absolute atomic E-state index is 0.000662. The van der Waals surface area contributed by atoms with Crippen LogP contribution < -0.4 is 5.32 Å². The summed E-state index contributed by atoms with van der Waals surface area (Å²) in [5, 5.41) is 23.0. The SMILES string of the molecule is CCCCC/C=C\C/C=C\CCCCCCCC(=O)OCCCCCCCCCCCCCCCCCCCCCCCCCCC(=O)NC(CO)C(O)/C=C/CCCCCCCCCCC. The van der Waals surface area contributed by atoms with Crippen molar-refractivity contribution < 1.29 is 24.5 Å². The summed E-state index contributed by atoms with van der Waals surface area (Å²) in [6, 6.07) is -0.626. The number of aliphatic hydroxyl groups is 2. The second-order valence-corrected chi connectivity index (χ2v) is 20.3. The second kappa shape index (κ2) is 56.7. The molecule has 3 N–H and O–H groups in total. The zero-order chi connectivity index (χ0) is 48.6. The summed E-state index contributed by atoms with van der Waals surface area (Å²) in [7, 11) is 0. The summed E-state index contributed by atoms with van der Waals surface area (Å²) in [5.41, 5.74) is 0. The summed E-state index contributed by atoms with van der Waals surface area (Å²) in [4.78, 5) is 24.5. The van der Waals surface area contributed by atoms with Gasteiger partial charge in [-0.15, -0.1) is 0 Å². The van der Waals surface area contributed by atoms with Gasteiger partial charge >= 0.3 is 5.97 Å². The molecule has 0 rings (SSSR count). The summed E-state index contributed by atoms with van der Waals surface area (Å²) in [6.07, 6.45) is 70.4. The zero-order valence-electron chi connectivity index (χ0n) is 44.9. The summed E-state index contributed by atoms with van der Waals surface area (Å²) in [6.45, 7) is 4.86. The molecule has 0 aliphatic heterocycles. The number of amides is 1. The van der Waals surface area contributed by atoms with Crippen LogP contribution in [0.15, 0.2) is 36.5 Å². The molecule has 2 atom stereocenters. The molecule has 0 aliphatic rings. The summed E-state index contributed by atoms with van der Waals surface area (Å²) >= 11 is 0. The highest BCUT2D eigenvalue weighted by molar-refractivity contribution is 5.76. The van der Waals surface area contributed by atoms with Crippen molar-refractivity contribution in [2.75, 3.05) is 13.2 Å². The Morgan fingerprint density at radius 2 is 0.746 bits per heavy atom. The molecule has 67 heavy (non-hydrogen) atoms. The molecule has 0 heterocycles. The first kappa shape index (κ1) is 65.1. The summed E-state index contributed by atoms with van der Waals surface area (Å²) in [5.74, 6) is -0.0673. The minimum atomic E-state index is -0.842. The highest BCUT2D eigenvalue weighted by Gasteiger charge is 2.18. The Hall–Kier alpha value is -1.92. The van der Waals surface area contributed by atoms with E-state index in [-0.39, 0.29) is 18.5 Å². The van der Waals surface area contributed by atoms with Crippen LogP contribution in [0.25, 0.3) is 0 Å². The number of aliphatic hydroxyl groups excluding tert-OH is 2. The molecule has 0 bridgehead atoms. The molecule has 6 nitrogen and oxygen atoms in total. The van der Waals surface area contributed by atoms with Crippen LogP contribution >= 0.6 is 0 Å². The molecule has 0 radical (unpaired) electrons. The number of allylic oxidation sites excluding steroid dienone is 5. The summed E-state index contributed by atoms with van der Waals surface area (Å²) < 4.78 is 5.48. The lowest BCUT2D eigenvalue weighted by Crippen LogP contribution is -2.45. The van der Waals surface area contributed by atoms with Gasteiger partial charge in [-0.3, -0.25) is 9.59 Å². The fourth-order valence-corrected chi connectivity index (χ4v) is 9.08. The molecule has 2 unspecified atom stereocenters. The van der Waals surface area contributed by atoms with Gasteiger partial charge in [0.25, 0.3) is 0 Å². The van der Waals surface area contributed by atoms with E-state index in [0.29, 0.717) is 19.4 Å². The fourth-order valence-electron chi connectivity index (χ4n) is 9.08. The Morgan fingerprint density at radius 3 is 1.16 bits per heavy atom. The van der Waals surface area contributed by atoms with Crippen LogP contribution in [0.3, 0.4) is 0 Å². The van der Waals surface area contributed by atoms with Crippen LogP contribution in [0.5, 0.6) is 0 Å². The predicted molar refractivity (Wildman–Crippen MR) is 292 cm³/mol. The zero-order valence-corrected chi connectivity index (χ0v) is 44.9. The van der Waals surface area contributed by atoms with Gasteiger partial charge in [-0.1, -0.05) is 275 Å². The maximum Gasteiger partial charge on any atom is 0.305 e. The highest BCUT2D eigenvalue weighted by atomic mass is 16.5. The Bertz CT molecular complexity index is 1090. The second-order valence-electron chi connectivity index (χ2n) is 20.3.